The summed E-state index contributed by atoms with van der Waals surface area (Å²) in [6, 6.07) is 18.0. The van der Waals surface area contributed by atoms with Crippen molar-refractivity contribution in [1.82, 2.24) is 14.4 Å². The van der Waals surface area contributed by atoms with Gasteiger partial charge in [0.25, 0.3) is 0 Å². The highest BCUT2D eigenvalue weighted by molar-refractivity contribution is 7.92. The molecule has 0 saturated heterocycles. The number of hydrogen-bond acceptors (Lipinski definition) is 5. The molecule has 0 unspecified atom stereocenters. The summed E-state index contributed by atoms with van der Waals surface area (Å²) in [6.45, 7) is 0.0751. The van der Waals surface area contributed by atoms with Gasteiger partial charge in [-0.1, -0.05) is 30.3 Å². The molecule has 0 saturated carbocycles. The summed E-state index contributed by atoms with van der Waals surface area (Å²) in [5.74, 6) is 1.12. The van der Waals surface area contributed by atoms with Gasteiger partial charge in [-0.3, -0.25) is 9.12 Å². The van der Waals surface area contributed by atoms with E-state index in [1.807, 2.05) is 53.2 Å². The van der Waals surface area contributed by atoms with Crippen molar-refractivity contribution in [2.24, 2.45) is 0 Å². The van der Waals surface area contributed by atoms with Crippen molar-refractivity contribution in [3.63, 3.8) is 0 Å². The van der Waals surface area contributed by atoms with E-state index in [2.05, 4.69) is 14.7 Å². The lowest BCUT2D eigenvalue weighted by Gasteiger charge is -2.09. The molecule has 2 aromatic heterocycles. The standard InChI is InChI=1S/C20H18N4O3S/c25-28(26,14-13-27-18-5-2-1-3-6-18)23-17-9-7-16(8-10-17)19-15-24-12-4-11-21-20(24)22-19/h1-12,15,23H,13-14H2. The number of fused-ring (bicyclic) bond motifs is 1. The number of nitrogens with one attached hydrogen (secondary N) is 1. The molecule has 0 spiro atoms. The van der Waals surface area contributed by atoms with Gasteiger partial charge >= 0.3 is 0 Å². The van der Waals surface area contributed by atoms with Gasteiger partial charge in [-0.15, -0.1) is 0 Å². The van der Waals surface area contributed by atoms with E-state index >= 15 is 0 Å². The molecular formula is C20H18N4O3S. The van der Waals surface area contributed by atoms with E-state index in [4.69, 9.17) is 4.74 Å². The van der Waals surface area contributed by atoms with Crippen LogP contribution in [0.25, 0.3) is 17.0 Å². The van der Waals surface area contributed by atoms with Crippen LogP contribution < -0.4 is 9.46 Å². The molecule has 2 aromatic carbocycles. The Bertz CT molecular complexity index is 1140. The first-order valence-electron chi connectivity index (χ1n) is 8.68. The van der Waals surface area contributed by atoms with E-state index in [-0.39, 0.29) is 12.4 Å². The van der Waals surface area contributed by atoms with Crippen LogP contribution in [-0.2, 0) is 10.0 Å². The minimum Gasteiger partial charge on any atom is -0.492 e. The quantitative estimate of drug-likeness (QED) is 0.520. The zero-order valence-electron chi connectivity index (χ0n) is 14.9. The van der Waals surface area contributed by atoms with E-state index < -0.39 is 10.0 Å². The van der Waals surface area contributed by atoms with E-state index in [9.17, 15) is 8.42 Å². The van der Waals surface area contributed by atoms with Gasteiger partial charge in [-0.05, 0) is 30.3 Å². The van der Waals surface area contributed by atoms with Crippen LogP contribution in [0.4, 0.5) is 5.69 Å². The van der Waals surface area contributed by atoms with Crippen LogP contribution in [0.3, 0.4) is 0 Å². The van der Waals surface area contributed by atoms with Crippen molar-refractivity contribution in [3.05, 3.63) is 79.3 Å². The molecule has 28 heavy (non-hydrogen) atoms. The van der Waals surface area contributed by atoms with E-state index in [0.29, 0.717) is 17.2 Å². The minimum atomic E-state index is -3.51. The molecule has 8 heteroatoms. The molecule has 0 bridgehead atoms. The lowest BCUT2D eigenvalue weighted by Crippen LogP contribution is -2.21. The molecule has 1 N–H and O–H groups in total. The van der Waals surface area contributed by atoms with Crippen molar-refractivity contribution in [2.45, 2.75) is 0 Å². The molecule has 0 amide bonds. The summed E-state index contributed by atoms with van der Waals surface area (Å²) >= 11 is 0. The maximum atomic E-state index is 12.2. The van der Waals surface area contributed by atoms with Crippen LogP contribution >= 0.6 is 0 Å². The number of para-hydroxylation sites is 1. The topological polar surface area (TPSA) is 85.6 Å². The van der Waals surface area contributed by atoms with Gasteiger partial charge in [0.1, 0.15) is 18.1 Å². The first kappa shape index (κ1) is 18.0. The fraction of sp³-hybridized carbons (Fsp3) is 0.100. The summed E-state index contributed by atoms with van der Waals surface area (Å²) in [6.07, 6.45) is 5.44. The lowest BCUT2D eigenvalue weighted by molar-refractivity contribution is 0.341. The van der Waals surface area contributed by atoms with Gasteiger partial charge in [0.05, 0.1) is 5.69 Å². The fourth-order valence-corrected chi connectivity index (χ4v) is 3.59. The first-order valence-corrected chi connectivity index (χ1v) is 10.3. The molecule has 0 fully saturated rings. The third-order valence-electron chi connectivity index (χ3n) is 4.05. The molecule has 7 nitrogen and oxygen atoms in total. The number of rotatable bonds is 7. The normalized spacial score (nSPS) is 11.4. The van der Waals surface area contributed by atoms with Crippen molar-refractivity contribution >= 4 is 21.5 Å². The fourth-order valence-electron chi connectivity index (χ4n) is 2.69. The molecule has 0 aliphatic carbocycles. The Hall–Kier alpha value is -3.39. The van der Waals surface area contributed by atoms with Crippen LogP contribution in [0.1, 0.15) is 0 Å². The average Bonchev–Trinajstić information content (AvgIpc) is 3.13. The summed E-state index contributed by atoms with van der Waals surface area (Å²) in [4.78, 5) is 8.65. The first-order chi connectivity index (χ1) is 13.6. The third kappa shape index (κ3) is 4.29. The number of ether oxygens (including phenoxy) is 1. The monoisotopic (exact) mass is 394 g/mol. The molecule has 4 aromatic rings. The molecule has 142 valence electrons. The Kier molecular flexibility index (Phi) is 4.94. The Labute approximate surface area is 162 Å². The number of imidazole rings is 1. The van der Waals surface area contributed by atoms with Crippen LogP contribution in [0, 0.1) is 0 Å². The summed E-state index contributed by atoms with van der Waals surface area (Å²) in [5, 5.41) is 0. The van der Waals surface area contributed by atoms with Crippen molar-refractivity contribution < 1.29 is 13.2 Å². The summed E-state index contributed by atoms with van der Waals surface area (Å²) in [7, 11) is -3.51. The second-order valence-electron chi connectivity index (χ2n) is 6.11. The molecular weight excluding hydrogens is 376 g/mol. The number of nitrogens with zero attached hydrogens (tertiary/aromatic N) is 3. The predicted octanol–water partition coefficient (Wildman–Crippen LogP) is 3.22. The van der Waals surface area contributed by atoms with Gasteiger partial charge in [0.2, 0.25) is 15.8 Å². The number of sulfonamides is 1. The minimum absolute atomic E-state index is 0.0751. The smallest absolute Gasteiger partial charge is 0.236 e. The zero-order valence-corrected chi connectivity index (χ0v) is 15.7. The highest BCUT2D eigenvalue weighted by Gasteiger charge is 2.11. The van der Waals surface area contributed by atoms with Crippen LogP contribution in [-0.4, -0.2) is 35.1 Å². The molecule has 0 atom stereocenters. The molecule has 0 radical (unpaired) electrons. The zero-order chi connectivity index (χ0) is 19.4. The van der Waals surface area contributed by atoms with Crippen molar-refractivity contribution in [1.29, 1.82) is 0 Å². The molecule has 2 heterocycles. The van der Waals surface area contributed by atoms with Gasteiger partial charge in [0, 0.05) is 29.8 Å². The highest BCUT2D eigenvalue weighted by atomic mass is 32.2. The predicted molar refractivity (Wildman–Crippen MR) is 108 cm³/mol. The average molecular weight is 394 g/mol. The van der Waals surface area contributed by atoms with Gasteiger partial charge in [-0.2, -0.15) is 0 Å². The molecule has 0 aliphatic rings. The van der Waals surface area contributed by atoms with Crippen LogP contribution in [0.2, 0.25) is 0 Å². The SMILES string of the molecule is O=S(=O)(CCOc1ccccc1)Nc1ccc(-c2cn3cccnc3n2)cc1. The number of anilines is 1. The maximum absolute atomic E-state index is 12.2. The lowest BCUT2D eigenvalue weighted by atomic mass is 10.1. The number of hydrogen-bond donors (Lipinski definition) is 1. The van der Waals surface area contributed by atoms with Crippen LogP contribution in [0.15, 0.2) is 79.3 Å². The Morgan fingerprint density at radius 3 is 2.54 bits per heavy atom. The van der Waals surface area contributed by atoms with Gasteiger partial charge < -0.3 is 4.74 Å². The second kappa shape index (κ2) is 7.69. The van der Waals surface area contributed by atoms with Gasteiger partial charge in [0.15, 0.2) is 0 Å². The number of aromatic nitrogens is 3. The molecule has 0 aliphatic heterocycles. The Morgan fingerprint density at radius 2 is 1.79 bits per heavy atom. The largest absolute Gasteiger partial charge is 0.492 e. The summed E-state index contributed by atoms with van der Waals surface area (Å²) < 4.78 is 34.3. The highest BCUT2D eigenvalue weighted by Crippen LogP contribution is 2.21. The second-order valence-corrected chi connectivity index (χ2v) is 7.95. The van der Waals surface area contributed by atoms with Crippen LogP contribution in [0.5, 0.6) is 5.75 Å². The van der Waals surface area contributed by atoms with E-state index in [1.165, 1.54) is 0 Å². The Morgan fingerprint density at radius 1 is 1.00 bits per heavy atom. The Balaban J connectivity index is 1.39. The van der Waals surface area contributed by atoms with E-state index in [1.54, 1.807) is 30.5 Å². The van der Waals surface area contributed by atoms with Crippen molar-refractivity contribution in [3.8, 4) is 17.0 Å². The number of benzene rings is 2. The summed E-state index contributed by atoms with van der Waals surface area (Å²) in [5.41, 5.74) is 2.13. The van der Waals surface area contributed by atoms with Crippen molar-refractivity contribution in [2.75, 3.05) is 17.1 Å². The third-order valence-corrected chi connectivity index (χ3v) is 5.30. The molecule has 4 rings (SSSR count). The van der Waals surface area contributed by atoms with E-state index in [0.717, 1.165) is 11.3 Å². The maximum Gasteiger partial charge on any atom is 0.236 e. The van der Waals surface area contributed by atoms with Gasteiger partial charge in [-0.25, -0.2) is 18.4 Å².